The van der Waals surface area contributed by atoms with E-state index in [1.54, 1.807) is 13.0 Å². The maximum Gasteiger partial charge on any atom is 0.207 e. The fraction of sp³-hybridized carbons (Fsp3) is 0.333. The van der Waals surface area contributed by atoms with E-state index in [1.165, 1.54) is 13.1 Å². The molecule has 0 atom stereocenters. The maximum absolute atomic E-state index is 11.3. The van der Waals surface area contributed by atoms with Gasteiger partial charge in [0.2, 0.25) is 5.78 Å². The molecular formula is C9H10N2O2. The van der Waals surface area contributed by atoms with E-state index in [1.807, 2.05) is 0 Å². The lowest BCUT2D eigenvalue weighted by atomic mass is 10.2. The average Bonchev–Trinajstić information content (AvgIpc) is 2.03. The number of aromatic nitrogens is 2. The average molecular weight is 178 g/mol. The SMILES string of the molecule is CC(=O)CC(=O)c1nccc(C)n1. The second kappa shape index (κ2) is 3.89. The molecule has 0 bridgehead atoms. The first-order valence-electron chi connectivity index (χ1n) is 3.92. The molecule has 0 amide bonds. The van der Waals surface area contributed by atoms with Gasteiger partial charge in [-0.3, -0.25) is 9.59 Å². The number of hydrogen-bond acceptors (Lipinski definition) is 4. The van der Waals surface area contributed by atoms with Crippen molar-refractivity contribution in [1.29, 1.82) is 0 Å². The minimum atomic E-state index is -0.323. The number of Topliss-reactive ketones (excluding diaryl/α,β-unsaturated/α-hetero) is 2. The molecule has 0 spiro atoms. The second-order valence-corrected chi connectivity index (χ2v) is 2.82. The number of nitrogens with zero attached hydrogens (tertiary/aromatic N) is 2. The Kier molecular flexibility index (Phi) is 2.84. The molecule has 1 heterocycles. The van der Waals surface area contributed by atoms with E-state index in [4.69, 9.17) is 0 Å². The molecule has 0 radical (unpaired) electrons. The first-order valence-corrected chi connectivity index (χ1v) is 3.92. The van der Waals surface area contributed by atoms with Crippen molar-refractivity contribution in [3.05, 3.63) is 23.8 Å². The Labute approximate surface area is 76.0 Å². The summed E-state index contributed by atoms with van der Waals surface area (Å²) < 4.78 is 0. The molecule has 0 saturated carbocycles. The molecule has 0 saturated heterocycles. The van der Waals surface area contributed by atoms with Gasteiger partial charge in [-0.1, -0.05) is 0 Å². The molecule has 4 heteroatoms. The summed E-state index contributed by atoms with van der Waals surface area (Å²) in [6.45, 7) is 3.14. The molecule has 1 aromatic heterocycles. The van der Waals surface area contributed by atoms with E-state index in [0.29, 0.717) is 0 Å². The summed E-state index contributed by atoms with van der Waals surface area (Å²) in [7, 11) is 0. The highest BCUT2D eigenvalue weighted by molar-refractivity contribution is 6.05. The molecule has 1 rings (SSSR count). The van der Waals surface area contributed by atoms with Crippen molar-refractivity contribution < 1.29 is 9.59 Å². The second-order valence-electron chi connectivity index (χ2n) is 2.82. The monoisotopic (exact) mass is 178 g/mol. The largest absolute Gasteiger partial charge is 0.300 e. The summed E-state index contributed by atoms with van der Waals surface area (Å²) in [5.74, 6) is -0.374. The van der Waals surface area contributed by atoms with Crippen molar-refractivity contribution >= 4 is 11.6 Å². The van der Waals surface area contributed by atoms with Gasteiger partial charge in [-0.15, -0.1) is 0 Å². The lowest BCUT2D eigenvalue weighted by Crippen LogP contribution is -2.09. The van der Waals surface area contributed by atoms with Crippen molar-refractivity contribution in [2.24, 2.45) is 0 Å². The summed E-state index contributed by atoms with van der Waals surface area (Å²) in [5, 5.41) is 0. The number of aryl methyl sites for hydroxylation is 1. The van der Waals surface area contributed by atoms with Crippen LogP contribution in [0.1, 0.15) is 29.7 Å². The molecule has 13 heavy (non-hydrogen) atoms. The van der Waals surface area contributed by atoms with E-state index >= 15 is 0 Å². The summed E-state index contributed by atoms with van der Waals surface area (Å²) in [6, 6.07) is 1.70. The minimum absolute atomic E-state index is 0.121. The molecule has 1 aromatic rings. The van der Waals surface area contributed by atoms with Crippen LogP contribution in [0.25, 0.3) is 0 Å². The van der Waals surface area contributed by atoms with Gasteiger partial charge >= 0.3 is 0 Å². The van der Waals surface area contributed by atoms with Crippen molar-refractivity contribution in [3.8, 4) is 0 Å². The number of carbonyl (C=O) groups excluding carboxylic acids is 2. The van der Waals surface area contributed by atoms with Gasteiger partial charge in [-0.25, -0.2) is 9.97 Å². The fourth-order valence-electron chi connectivity index (χ4n) is 0.888. The first-order chi connectivity index (χ1) is 6.09. The van der Waals surface area contributed by atoms with E-state index in [9.17, 15) is 9.59 Å². The van der Waals surface area contributed by atoms with Crippen LogP contribution in [0.5, 0.6) is 0 Å². The topological polar surface area (TPSA) is 59.9 Å². The minimum Gasteiger partial charge on any atom is -0.300 e. The lowest BCUT2D eigenvalue weighted by Gasteiger charge is -1.96. The molecule has 0 aliphatic rings. The summed E-state index contributed by atoms with van der Waals surface area (Å²) >= 11 is 0. The predicted molar refractivity (Wildman–Crippen MR) is 46.4 cm³/mol. The Hall–Kier alpha value is -1.58. The van der Waals surface area contributed by atoms with Crippen LogP contribution < -0.4 is 0 Å². The van der Waals surface area contributed by atoms with E-state index in [-0.39, 0.29) is 23.8 Å². The smallest absolute Gasteiger partial charge is 0.207 e. The van der Waals surface area contributed by atoms with Crippen molar-refractivity contribution in [2.75, 3.05) is 0 Å². The van der Waals surface area contributed by atoms with Crippen LogP contribution in [0.4, 0.5) is 0 Å². The molecule has 68 valence electrons. The lowest BCUT2D eigenvalue weighted by molar-refractivity contribution is -0.116. The Morgan fingerprint density at radius 2 is 2.15 bits per heavy atom. The Bertz CT molecular complexity index is 347. The number of carbonyl (C=O) groups is 2. The Morgan fingerprint density at radius 1 is 1.46 bits per heavy atom. The van der Waals surface area contributed by atoms with Crippen molar-refractivity contribution in [1.82, 2.24) is 9.97 Å². The normalized spacial score (nSPS) is 9.69. The van der Waals surface area contributed by atoms with Crippen LogP contribution in [0.2, 0.25) is 0 Å². The van der Waals surface area contributed by atoms with Crippen LogP contribution in [0.15, 0.2) is 12.3 Å². The van der Waals surface area contributed by atoms with Gasteiger partial charge in [0.15, 0.2) is 5.82 Å². The molecule has 0 N–H and O–H groups in total. The molecule has 0 aliphatic carbocycles. The van der Waals surface area contributed by atoms with Crippen molar-refractivity contribution in [2.45, 2.75) is 20.3 Å². The molecule has 0 aliphatic heterocycles. The Balaban J connectivity index is 2.83. The molecule has 0 unspecified atom stereocenters. The van der Waals surface area contributed by atoms with E-state index < -0.39 is 0 Å². The van der Waals surface area contributed by atoms with Crippen molar-refractivity contribution in [3.63, 3.8) is 0 Å². The number of hydrogen-bond donors (Lipinski definition) is 0. The van der Waals surface area contributed by atoms with Gasteiger partial charge in [0.1, 0.15) is 5.78 Å². The highest BCUT2D eigenvalue weighted by Gasteiger charge is 2.10. The first kappa shape index (κ1) is 9.51. The summed E-state index contributed by atoms with van der Waals surface area (Å²) in [4.78, 5) is 29.6. The van der Waals surface area contributed by atoms with Gasteiger partial charge in [0.05, 0.1) is 6.42 Å². The van der Waals surface area contributed by atoms with Crippen LogP contribution in [0, 0.1) is 6.92 Å². The highest BCUT2D eigenvalue weighted by Crippen LogP contribution is 1.98. The predicted octanol–water partition coefficient (Wildman–Crippen LogP) is 0.947. The molecular weight excluding hydrogens is 168 g/mol. The van der Waals surface area contributed by atoms with Gasteiger partial charge < -0.3 is 0 Å². The zero-order valence-electron chi connectivity index (χ0n) is 7.57. The molecule has 0 fully saturated rings. The van der Waals surface area contributed by atoms with Crippen LogP contribution in [-0.4, -0.2) is 21.5 Å². The standard InChI is InChI=1S/C9H10N2O2/c1-6-3-4-10-9(11-6)8(13)5-7(2)12/h3-4H,5H2,1-2H3. The molecule has 4 nitrogen and oxygen atoms in total. The van der Waals surface area contributed by atoms with E-state index in [2.05, 4.69) is 9.97 Å². The van der Waals surface area contributed by atoms with E-state index in [0.717, 1.165) is 5.69 Å². The summed E-state index contributed by atoms with van der Waals surface area (Å²) in [6.07, 6.45) is 1.39. The third-order valence-electron chi connectivity index (χ3n) is 1.45. The summed E-state index contributed by atoms with van der Waals surface area (Å²) in [5.41, 5.74) is 0.724. The van der Waals surface area contributed by atoms with Gasteiger partial charge in [0, 0.05) is 11.9 Å². The highest BCUT2D eigenvalue weighted by atomic mass is 16.1. The number of ketones is 2. The quantitative estimate of drug-likeness (QED) is 0.510. The zero-order chi connectivity index (χ0) is 9.84. The third kappa shape index (κ3) is 2.74. The fourth-order valence-corrected chi connectivity index (χ4v) is 0.888. The maximum atomic E-state index is 11.3. The van der Waals surface area contributed by atoms with Gasteiger partial charge in [0.25, 0.3) is 0 Å². The number of rotatable bonds is 3. The zero-order valence-corrected chi connectivity index (χ0v) is 7.57. The van der Waals surface area contributed by atoms with Gasteiger partial charge in [-0.2, -0.15) is 0 Å². The Morgan fingerprint density at radius 3 is 2.69 bits per heavy atom. The van der Waals surface area contributed by atoms with Crippen LogP contribution in [-0.2, 0) is 4.79 Å². The molecule has 0 aromatic carbocycles. The van der Waals surface area contributed by atoms with Crippen LogP contribution in [0.3, 0.4) is 0 Å². The van der Waals surface area contributed by atoms with Crippen LogP contribution >= 0.6 is 0 Å². The third-order valence-corrected chi connectivity index (χ3v) is 1.45. The van der Waals surface area contributed by atoms with Gasteiger partial charge in [-0.05, 0) is 19.9 Å².